The number of piperidine rings is 1. The number of hydrogen-bond acceptors (Lipinski definition) is 5. The number of benzene rings is 1. The van der Waals surface area contributed by atoms with E-state index in [2.05, 4.69) is 27.9 Å². The van der Waals surface area contributed by atoms with Crippen molar-refractivity contribution < 1.29 is 9.53 Å². The average molecular weight is 329 g/mol. The van der Waals surface area contributed by atoms with Crippen molar-refractivity contribution in [1.82, 2.24) is 25.6 Å². The number of ether oxygens (including phenoxy) is 1. The number of aromatic nitrogens is 3. The van der Waals surface area contributed by atoms with E-state index in [9.17, 15) is 4.79 Å². The molecular formula is C17H23N5O2. The predicted molar refractivity (Wildman–Crippen MR) is 90.6 cm³/mol. The zero-order chi connectivity index (χ0) is 17.1. The summed E-state index contributed by atoms with van der Waals surface area (Å²) in [7, 11) is 1.62. The van der Waals surface area contributed by atoms with Crippen molar-refractivity contribution in [3.05, 3.63) is 35.7 Å². The highest BCUT2D eigenvalue weighted by atomic mass is 16.5. The van der Waals surface area contributed by atoms with Crippen LogP contribution in [0.2, 0.25) is 0 Å². The van der Waals surface area contributed by atoms with Crippen molar-refractivity contribution in [2.45, 2.75) is 38.8 Å². The van der Waals surface area contributed by atoms with E-state index in [1.165, 1.54) is 0 Å². The first-order chi connectivity index (χ1) is 11.6. The average Bonchev–Trinajstić information content (AvgIpc) is 2.96. The van der Waals surface area contributed by atoms with Crippen LogP contribution < -0.4 is 15.4 Å². The molecule has 7 heteroatoms. The standard InChI is InChI=1S/C17H23N5O2/c1-11-10-13(8-9-18-11)19-17(23)16-12(2)22(21-20-16)14-4-6-15(24-3)7-5-14/h4-7,11,13,18H,8-10H2,1-3H3,(H,19,23). The van der Waals surface area contributed by atoms with E-state index in [1.807, 2.05) is 31.2 Å². The minimum absolute atomic E-state index is 0.161. The van der Waals surface area contributed by atoms with Crippen LogP contribution in [0, 0.1) is 6.92 Å². The first kappa shape index (κ1) is 16.4. The topological polar surface area (TPSA) is 81.1 Å². The van der Waals surface area contributed by atoms with Gasteiger partial charge in [0.2, 0.25) is 0 Å². The SMILES string of the molecule is COc1ccc(-n2nnc(C(=O)NC3CCNC(C)C3)c2C)cc1. The van der Waals surface area contributed by atoms with Crippen LogP contribution in [0.25, 0.3) is 5.69 Å². The Morgan fingerprint density at radius 1 is 1.38 bits per heavy atom. The molecular weight excluding hydrogens is 306 g/mol. The third-order valence-corrected chi connectivity index (χ3v) is 4.39. The number of nitrogens with one attached hydrogen (secondary N) is 2. The maximum atomic E-state index is 12.5. The zero-order valence-corrected chi connectivity index (χ0v) is 14.2. The Kier molecular flexibility index (Phi) is 4.80. The van der Waals surface area contributed by atoms with E-state index >= 15 is 0 Å². The van der Waals surface area contributed by atoms with Crippen LogP contribution in [-0.4, -0.2) is 46.6 Å². The van der Waals surface area contributed by atoms with E-state index in [4.69, 9.17) is 4.74 Å². The van der Waals surface area contributed by atoms with Gasteiger partial charge in [0.05, 0.1) is 18.5 Å². The Balaban J connectivity index is 1.74. The molecule has 1 amide bonds. The molecule has 24 heavy (non-hydrogen) atoms. The van der Waals surface area contributed by atoms with E-state index in [1.54, 1.807) is 11.8 Å². The molecule has 0 aliphatic carbocycles. The Hall–Kier alpha value is -2.41. The third kappa shape index (κ3) is 3.41. The van der Waals surface area contributed by atoms with Gasteiger partial charge in [-0.2, -0.15) is 0 Å². The van der Waals surface area contributed by atoms with Crippen molar-refractivity contribution in [3.8, 4) is 11.4 Å². The molecule has 128 valence electrons. The molecule has 2 heterocycles. The van der Waals surface area contributed by atoms with E-state index in [0.29, 0.717) is 11.7 Å². The van der Waals surface area contributed by atoms with Gasteiger partial charge in [-0.15, -0.1) is 5.10 Å². The minimum Gasteiger partial charge on any atom is -0.497 e. The molecule has 1 aliphatic heterocycles. The summed E-state index contributed by atoms with van der Waals surface area (Å²) in [5, 5.41) is 14.6. The first-order valence-corrected chi connectivity index (χ1v) is 8.19. The van der Waals surface area contributed by atoms with Crippen LogP contribution in [-0.2, 0) is 0 Å². The van der Waals surface area contributed by atoms with Crippen LogP contribution >= 0.6 is 0 Å². The molecule has 0 saturated carbocycles. The summed E-state index contributed by atoms with van der Waals surface area (Å²) in [6, 6.07) is 8.08. The number of hydrogen-bond donors (Lipinski definition) is 2. The second-order valence-electron chi connectivity index (χ2n) is 6.18. The van der Waals surface area contributed by atoms with Crippen molar-refractivity contribution in [3.63, 3.8) is 0 Å². The predicted octanol–water partition coefficient (Wildman–Crippen LogP) is 1.45. The summed E-state index contributed by atoms with van der Waals surface area (Å²) < 4.78 is 6.82. The van der Waals surface area contributed by atoms with Crippen LogP contribution in [0.1, 0.15) is 35.9 Å². The molecule has 2 unspecified atom stereocenters. The number of carbonyl (C=O) groups excluding carboxylic acids is 1. The van der Waals surface area contributed by atoms with Gasteiger partial charge in [0.1, 0.15) is 5.75 Å². The van der Waals surface area contributed by atoms with Gasteiger partial charge in [-0.1, -0.05) is 5.21 Å². The van der Waals surface area contributed by atoms with Crippen LogP contribution in [0.15, 0.2) is 24.3 Å². The molecule has 1 fully saturated rings. The molecule has 1 aromatic carbocycles. The lowest BCUT2D eigenvalue weighted by Crippen LogP contribution is -2.46. The fourth-order valence-electron chi connectivity index (χ4n) is 3.02. The lowest BCUT2D eigenvalue weighted by molar-refractivity contribution is 0.0920. The minimum atomic E-state index is -0.161. The fraction of sp³-hybridized carbons (Fsp3) is 0.471. The smallest absolute Gasteiger partial charge is 0.273 e. The highest BCUT2D eigenvalue weighted by Crippen LogP contribution is 2.17. The van der Waals surface area contributed by atoms with E-state index < -0.39 is 0 Å². The molecule has 1 aliphatic rings. The van der Waals surface area contributed by atoms with Crippen LogP contribution in [0.5, 0.6) is 5.75 Å². The molecule has 2 atom stereocenters. The van der Waals surface area contributed by atoms with Gasteiger partial charge in [0.25, 0.3) is 5.91 Å². The molecule has 3 rings (SSSR count). The summed E-state index contributed by atoms with van der Waals surface area (Å²) in [5.41, 5.74) is 1.94. The van der Waals surface area contributed by atoms with Gasteiger partial charge in [0, 0.05) is 12.1 Å². The van der Waals surface area contributed by atoms with Crippen molar-refractivity contribution in [1.29, 1.82) is 0 Å². The molecule has 7 nitrogen and oxygen atoms in total. The normalized spacial score (nSPS) is 20.6. The molecule has 1 saturated heterocycles. The first-order valence-electron chi connectivity index (χ1n) is 8.19. The third-order valence-electron chi connectivity index (χ3n) is 4.39. The Bertz CT molecular complexity index is 710. The summed E-state index contributed by atoms with van der Waals surface area (Å²) in [6.07, 6.45) is 1.86. The van der Waals surface area contributed by atoms with Gasteiger partial charge >= 0.3 is 0 Å². The lowest BCUT2D eigenvalue weighted by atomic mass is 10.0. The Morgan fingerprint density at radius 3 is 2.79 bits per heavy atom. The van der Waals surface area contributed by atoms with Crippen molar-refractivity contribution >= 4 is 5.91 Å². The molecule has 2 N–H and O–H groups in total. The summed E-state index contributed by atoms with van der Waals surface area (Å²) in [4.78, 5) is 12.5. The molecule has 2 aromatic rings. The summed E-state index contributed by atoms with van der Waals surface area (Å²) in [6.45, 7) is 4.90. The van der Waals surface area contributed by atoms with Crippen LogP contribution in [0.3, 0.4) is 0 Å². The monoisotopic (exact) mass is 329 g/mol. The number of amides is 1. The number of carbonyl (C=O) groups is 1. The second-order valence-corrected chi connectivity index (χ2v) is 6.18. The van der Waals surface area contributed by atoms with Crippen molar-refractivity contribution in [2.24, 2.45) is 0 Å². The maximum Gasteiger partial charge on any atom is 0.273 e. The van der Waals surface area contributed by atoms with Crippen LogP contribution in [0.4, 0.5) is 0 Å². The zero-order valence-electron chi connectivity index (χ0n) is 14.2. The van der Waals surface area contributed by atoms with Gasteiger partial charge in [0.15, 0.2) is 5.69 Å². The number of methoxy groups -OCH3 is 1. The van der Waals surface area contributed by atoms with E-state index in [-0.39, 0.29) is 11.9 Å². The highest BCUT2D eigenvalue weighted by Gasteiger charge is 2.23. The van der Waals surface area contributed by atoms with Gasteiger partial charge in [-0.25, -0.2) is 4.68 Å². The quantitative estimate of drug-likeness (QED) is 0.887. The largest absolute Gasteiger partial charge is 0.497 e. The highest BCUT2D eigenvalue weighted by molar-refractivity contribution is 5.93. The molecule has 0 bridgehead atoms. The maximum absolute atomic E-state index is 12.5. The van der Waals surface area contributed by atoms with E-state index in [0.717, 1.165) is 36.5 Å². The van der Waals surface area contributed by atoms with Gasteiger partial charge in [-0.3, -0.25) is 4.79 Å². The molecule has 0 spiro atoms. The molecule has 0 radical (unpaired) electrons. The fourth-order valence-corrected chi connectivity index (χ4v) is 3.02. The summed E-state index contributed by atoms with van der Waals surface area (Å²) >= 11 is 0. The number of nitrogens with zero attached hydrogens (tertiary/aromatic N) is 3. The Labute approximate surface area is 141 Å². The second kappa shape index (κ2) is 7.00. The Morgan fingerprint density at radius 2 is 2.12 bits per heavy atom. The van der Waals surface area contributed by atoms with Crippen molar-refractivity contribution in [2.75, 3.05) is 13.7 Å². The molecule has 1 aromatic heterocycles. The summed E-state index contributed by atoms with van der Waals surface area (Å²) in [5.74, 6) is 0.612. The number of rotatable bonds is 4. The van der Waals surface area contributed by atoms with Gasteiger partial charge in [-0.05, 0) is 57.5 Å². The van der Waals surface area contributed by atoms with Gasteiger partial charge < -0.3 is 15.4 Å². The lowest BCUT2D eigenvalue weighted by Gasteiger charge is -2.28.